The first kappa shape index (κ1) is 17.2. The number of aromatic nitrogens is 2. The Bertz CT molecular complexity index is 766. The summed E-state index contributed by atoms with van der Waals surface area (Å²) in [5, 5.41) is 17.7. The quantitative estimate of drug-likeness (QED) is 0.662. The Hall–Kier alpha value is -2.64. The normalized spacial score (nSPS) is 23.4. The highest BCUT2D eigenvalue weighted by Crippen LogP contribution is 2.29. The van der Waals surface area contributed by atoms with E-state index in [1.807, 2.05) is 0 Å². The van der Waals surface area contributed by atoms with Gasteiger partial charge in [-0.05, 0) is 30.4 Å². The zero-order valence-electron chi connectivity index (χ0n) is 14.3. The number of hydrogen-bond donors (Lipinski definition) is 1. The van der Waals surface area contributed by atoms with Crippen molar-refractivity contribution in [2.45, 2.75) is 45.7 Å². The minimum atomic E-state index is -0.503. The van der Waals surface area contributed by atoms with Gasteiger partial charge in [-0.15, -0.1) is 0 Å². The van der Waals surface area contributed by atoms with E-state index < -0.39 is 4.92 Å². The zero-order valence-corrected chi connectivity index (χ0v) is 14.3. The van der Waals surface area contributed by atoms with E-state index in [9.17, 15) is 14.9 Å². The Balaban J connectivity index is 1.62. The van der Waals surface area contributed by atoms with Crippen LogP contribution in [-0.2, 0) is 6.54 Å². The van der Waals surface area contributed by atoms with Crippen molar-refractivity contribution in [2.24, 2.45) is 11.8 Å². The number of carbonyl (C=O) groups excluding carboxylic acids is 1. The Labute approximate surface area is 145 Å². The van der Waals surface area contributed by atoms with Gasteiger partial charge >= 0.3 is 5.69 Å². The smallest absolute Gasteiger partial charge is 0.307 e. The van der Waals surface area contributed by atoms with Gasteiger partial charge in [-0.2, -0.15) is 5.10 Å². The highest BCUT2D eigenvalue weighted by molar-refractivity contribution is 5.91. The van der Waals surface area contributed by atoms with Gasteiger partial charge < -0.3 is 9.73 Å². The van der Waals surface area contributed by atoms with E-state index in [0.29, 0.717) is 17.6 Å². The fourth-order valence-corrected chi connectivity index (χ4v) is 3.30. The lowest BCUT2D eigenvalue weighted by Crippen LogP contribution is -2.43. The van der Waals surface area contributed by atoms with Gasteiger partial charge in [-0.3, -0.25) is 19.6 Å². The molecule has 1 fully saturated rings. The molecule has 8 nitrogen and oxygen atoms in total. The van der Waals surface area contributed by atoms with Crippen molar-refractivity contribution >= 4 is 11.6 Å². The molecule has 0 spiro atoms. The van der Waals surface area contributed by atoms with Gasteiger partial charge in [-0.25, -0.2) is 0 Å². The van der Waals surface area contributed by atoms with Gasteiger partial charge in [0, 0.05) is 6.04 Å². The number of rotatable bonds is 5. The molecule has 0 bridgehead atoms. The Morgan fingerprint density at radius 1 is 1.44 bits per heavy atom. The lowest BCUT2D eigenvalue weighted by molar-refractivity contribution is -0.385. The summed E-state index contributed by atoms with van der Waals surface area (Å²) >= 11 is 0. The van der Waals surface area contributed by atoms with E-state index in [0.717, 1.165) is 12.8 Å². The van der Waals surface area contributed by atoms with Gasteiger partial charge in [0.05, 0.1) is 11.5 Å². The lowest BCUT2D eigenvalue weighted by atomic mass is 9.78. The minimum absolute atomic E-state index is 0.0788. The Morgan fingerprint density at radius 3 is 2.96 bits per heavy atom. The number of hydrogen-bond acceptors (Lipinski definition) is 5. The van der Waals surface area contributed by atoms with Crippen LogP contribution in [0.15, 0.2) is 28.9 Å². The topological polar surface area (TPSA) is 103 Å². The molecule has 2 heterocycles. The molecule has 8 heteroatoms. The summed E-state index contributed by atoms with van der Waals surface area (Å²) in [6.07, 6.45) is 5.82. The van der Waals surface area contributed by atoms with Crippen LogP contribution in [0.3, 0.4) is 0 Å². The molecule has 1 saturated carbocycles. The van der Waals surface area contributed by atoms with E-state index in [2.05, 4.69) is 24.3 Å². The summed E-state index contributed by atoms with van der Waals surface area (Å²) in [4.78, 5) is 22.6. The molecule has 1 amide bonds. The third kappa shape index (κ3) is 3.89. The molecule has 134 valence electrons. The number of amides is 1. The second kappa shape index (κ2) is 7.08. The maximum atomic E-state index is 12.4. The van der Waals surface area contributed by atoms with E-state index in [1.165, 1.54) is 23.5 Å². The third-order valence-corrected chi connectivity index (χ3v) is 5.06. The molecule has 0 aromatic carbocycles. The van der Waals surface area contributed by atoms with Crippen LogP contribution in [0, 0.1) is 22.0 Å². The van der Waals surface area contributed by atoms with Gasteiger partial charge in [0.1, 0.15) is 18.2 Å². The monoisotopic (exact) mass is 346 g/mol. The maximum Gasteiger partial charge on any atom is 0.307 e. The van der Waals surface area contributed by atoms with Crippen LogP contribution in [0.4, 0.5) is 5.69 Å². The number of carbonyl (C=O) groups is 1. The zero-order chi connectivity index (χ0) is 18.0. The van der Waals surface area contributed by atoms with Crippen LogP contribution >= 0.6 is 0 Å². The predicted molar refractivity (Wildman–Crippen MR) is 90.1 cm³/mol. The Kier molecular flexibility index (Phi) is 4.87. The molecule has 0 aliphatic heterocycles. The van der Waals surface area contributed by atoms with Crippen molar-refractivity contribution in [3.05, 3.63) is 46.2 Å². The maximum absolute atomic E-state index is 12.4. The molecule has 1 N–H and O–H groups in total. The molecule has 0 radical (unpaired) electrons. The molecule has 0 saturated heterocycles. The summed E-state index contributed by atoms with van der Waals surface area (Å²) in [7, 11) is 0. The van der Waals surface area contributed by atoms with Gasteiger partial charge in [0.15, 0.2) is 5.76 Å². The largest absolute Gasteiger partial charge is 0.454 e. The molecule has 3 atom stereocenters. The van der Waals surface area contributed by atoms with Crippen molar-refractivity contribution in [3.63, 3.8) is 0 Å². The second-order valence-corrected chi connectivity index (χ2v) is 6.77. The molecule has 2 aromatic rings. The molecule has 1 aliphatic rings. The lowest BCUT2D eigenvalue weighted by Gasteiger charge is -2.34. The molecule has 25 heavy (non-hydrogen) atoms. The first-order valence-electron chi connectivity index (χ1n) is 8.50. The fraction of sp³-hybridized carbons (Fsp3) is 0.529. The van der Waals surface area contributed by atoms with Crippen LogP contribution in [0.5, 0.6) is 0 Å². The minimum Gasteiger partial charge on any atom is -0.454 e. The molecule has 1 aliphatic carbocycles. The molecule has 2 aromatic heterocycles. The van der Waals surface area contributed by atoms with E-state index in [-0.39, 0.29) is 29.9 Å². The van der Waals surface area contributed by atoms with Crippen molar-refractivity contribution in [1.82, 2.24) is 15.1 Å². The second-order valence-electron chi connectivity index (χ2n) is 6.77. The predicted octanol–water partition coefficient (Wildman–Crippen LogP) is 2.99. The summed E-state index contributed by atoms with van der Waals surface area (Å²) in [5.41, 5.74) is -0.0788. The van der Waals surface area contributed by atoms with Gasteiger partial charge in [0.2, 0.25) is 0 Å². The highest BCUT2D eigenvalue weighted by Gasteiger charge is 2.29. The van der Waals surface area contributed by atoms with E-state index in [4.69, 9.17) is 4.42 Å². The summed E-state index contributed by atoms with van der Waals surface area (Å²) in [6, 6.07) is 3.48. The van der Waals surface area contributed by atoms with E-state index >= 15 is 0 Å². The first-order chi connectivity index (χ1) is 11.9. The molecule has 3 rings (SSSR count). The van der Waals surface area contributed by atoms with Crippen LogP contribution in [0.25, 0.3) is 0 Å². The SMILES string of the molecule is C[C@H]1[C@@H](NC(=O)c2ccc(Cn3cc([N+](=O)[O-])cn3)o2)CCC[C@@H]1C. The molecular formula is C17H22N4O4. The number of nitrogens with one attached hydrogen (secondary N) is 1. The van der Waals surface area contributed by atoms with Crippen molar-refractivity contribution < 1.29 is 14.1 Å². The van der Waals surface area contributed by atoms with Gasteiger partial charge in [0.25, 0.3) is 5.91 Å². The average Bonchev–Trinajstić information content (AvgIpc) is 3.22. The fourth-order valence-electron chi connectivity index (χ4n) is 3.30. The number of nitro groups is 1. The van der Waals surface area contributed by atoms with Gasteiger partial charge in [-0.1, -0.05) is 26.7 Å². The van der Waals surface area contributed by atoms with Crippen LogP contribution in [0.2, 0.25) is 0 Å². The Morgan fingerprint density at radius 2 is 2.24 bits per heavy atom. The highest BCUT2D eigenvalue weighted by atomic mass is 16.6. The summed E-state index contributed by atoms with van der Waals surface area (Å²) in [5.74, 6) is 1.59. The number of furan rings is 1. The van der Waals surface area contributed by atoms with Crippen molar-refractivity contribution in [1.29, 1.82) is 0 Å². The number of nitrogens with zero attached hydrogens (tertiary/aromatic N) is 3. The van der Waals surface area contributed by atoms with Crippen molar-refractivity contribution in [3.8, 4) is 0 Å². The molecular weight excluding hydrogens is 324 g/mol. The summed E-state index contributed by atoms with van der Waals surface area (Å²) < 4.78 is 6.99. The summed E-state index contributed by atoms with van der Waals surface area (Å²) in [6.45, 7) is 4.63. The van der Waals surface area contributed by atoms with E-state index in [1.54, 1.807) is 12.1 Å². The standard InChI is InChI=1S/C17H22N4O4/c1-11-4-3-5-15(12(11)2)19-17(22)16-7-6-14(25-16)10-20-9-13(8-18-20)21(23)24/h6-9,11-12,15H,3-5,10H2,1-2H3,(H,19,22)/t11-,12+,15-/m0/s1. The average molecular weight is 346 g/mol. The first-order valence-corrected chi connectivity index (χ1v) is 8.50. The third-order valence-electron chi connectivity index (χ3n) is 5.06. The van der Waals surface area contributed by atoms with Crippen LogP contribution < -0.4 is 5.32 Å². The molecule has 0 unspecified atom stereocenters. The van der Waals surface area contributed by atoms with Crippen LogP contribution in [0.1, 0.15) is 49.4 Å². The van der Waals surface area contributed by atoms with Crippen LogP contribution in [-0.4, -0.2) is 26.7 Å². The van der Waals surface area contributed by atoms with Crippen molar-refractivity contribution in [2.75, 3.05) is 0 Å².